The molecule has 0 unspecified atom stereocenters. The van der Waals surface area contributed by atoms with Gasteiger partial charge in [0.25, 0.3) is 0 Å². The Hall–Kier alpha value is -2.05. The van der Waals surface area contributed by atoms with Crippen molar-refractivity contribution >= 4 is 11.5 Å². The van der Waals surface area contributed by atoms with Crippen molar-refractivity contribution in [2.75, 3.05) is 11.1 Å². The fourth-order valence-corrected chi connectivity index (χ4v) is 1.51. The monoisotopic (exact) mass is 221 g/mol. The van der Waals surface area contributed by atoms with Gasteiger partial charge in [-0.05, 0) is 6.92 Å². The second kappa shape index (κ2) is 3.84. The summed E-state index contributed by atoms with van der Waals surface area (Å²) >= 11 is 0. The molecule has 0 bridgehead atoms. The molecule has 0 amide bonds. The first-order valence-corrected chi connectivity index (χ1v) is 4.95. The Morgan fingerprint density at radius 2 is 2.12 bits per heavy atom. The van der Waals surface area contributed by atoms with Crippen LogP contribution in [-0.4, -0.2) is 24.5 Å². The van der Waals surface area contributed by atoms with Crippen LogP contribution in [0.4, 0.5) is 11.5 Å². The summed E-state index contributed by atoms with van der Waals surface area (Å²) in [5.41, 5.74) is 7.36. The lowest BCUT2D eigenvalue weighted by molar-refractivity contribution is 0.737. The Morgan fingerprint density at radius 1 is 1.38 bits per heavy atom. The van der Waals surface area contributed by atoms with Crippen LogP contribution in [0.1, 0.15) is 11.5 Å². The van der Waals surface area contributed by atoms with Crippen LogP contribution in [0.3, 0.4) is 0 Å². The molecule has 16 heavy (non-hydrogen) atoms. The van der Waals surface area contributed by atoms with Crippen LogP contribution in [0.2, 0.25) is 0 Å². The lowest BCUT2D eigenvalue weighted by Gasteiger charge is -2.04. The minimum Gasteiger partial charge on any atom is -0.394 e. The largest absolute Gasteiger partial charge is 0.394 e. The zero-order chi connectivity index (χ0) is 11.7. The van der Waals surface area contributed by atoms with Crippen molar-refractivity contribution in [3.63, 3.8) is 0 Å². The molecule has 2 rings (SSSR count). The molecule has 2 aromatic heterocycles. The Labute approximate surface area is 93.3 Å². The molecule has 3 N–H and O–H groups in total. The Bertz CT molecular complexity index is 496. The maximum Gasteiger partial charge on any atom is 0.169 e. The summed E-state index contributed by atoms with van der Waals surface area (Å²) < 4.78 is 3.38. The number of hydrogen-bond acceptors (Lipinski definition) is 5. The lowest BCUT2D eigenvalue weighted by atomic mass is 10.4. The van der Waals surface area contributed by atoms with Gasteiger partial charge in [-0.3, -0.25) is 9.36 Å². The van der Waals surface area contributed by atoms with E-state index in [9.17, 15) is 0 Å². The Kier molecular flexibility index (Phi) is 2.51. The van der Waals surface area contributed by atoms with Gasteiger partial charge in [-0.25, -0.2) is 4.98 Å². The van der Waals surface area contributed by atoms with Crippen molar-refractivity contribution in [1.82, 2.24) is 24.5 Å². The number of aryl methyl sites for hydroxylation is 3. The lowest BCUT2D eigenvalue weighted by Crippen LogP contribution is -2.07. The van der Waals surface area contributed by atoms with E-state index >= 15 is 0 Å². The predicted molar refractivity (Wildman–Crippen MR) is 60.7 cm³/mol. The number of anilines is 2. The Morgan fingerprint density at radius 3 is 2.62 bits per heavy atom. The van der Waals surface area contributed by atoms with Gasteiger partial charge in [-0.1, -0.05) is 0 Å². The van der Waals surface area contributed by atoms with E-state index in [2.05, 4.69) is 20.5 Å². The number of rotatable bonds is 3. The van der Waals surface area contributed by atoms with Gasteiger partial charge >= 0.3 is 0 Å². The number of nitrogens with one attached hydrogen (secondary N) is 1. The van der Waals surface area contributed by atoms with Crippen LogP contribution in [0, 0.1) is 6.92 Å². The number of nitrogen functional groups attached to an aromatic ring is 1. The first-order chi connectivity index (χ1) is 7.58. The van der Waals surface area contributed by atoms with Crippen molar-refractivity contribution < 1.29 is 0 Å². The quantitative estimate of drug-likeness (QED) is 0.764. The van der Waals surface area contributed by atoms with Gasteiger partial charge in [-0.15, -0.1) is 0 Å². The topological polar surface area (TPSA) is 86.6 Å². The van der Waals surface area contributed by atoms with Gasteiger partial charge in [0.15, 0.2) is 5.82 Å². The molecule has 0 radical (unpaired) electrons. The second-order valence-electron chi connectivity index (χ2n) is 3.66. The molecule has 0 aliphatic heterocycles. The molecule has 0 fully saturated rings. The molecule has 7 nitrogen and oxygen atoms in total. The predicted octanol–water partition coefficient (Wildman–Crippen LogP) is 0.0513. The van der Waals surface area contributed by atoms with Crippen molar-refractivity contribution in [3.05, 3.63) is 17.8 Å². The van der Waals surface area contributed by atoms with E-state index in [4.69, 9.17) is 5.73 Å². The summed E-state index contributed by atoms with van der Waals surface area (Å²) in [7, 11) is 3.68. The highest BCUT2D eigenvalue weighted by molar-refractivity contribution is 5.64. The molecule has 0 saturated carbocycles. The molecule has 2 aromatic rings. The van der Waals surface area contributed by atoms with Crippen molar-refractivity contribution in [2.24, 2.45) is 14.1 Å². The van der Waals surface area contributed by atoms with Crippen LogP contribution in [0.15, 0.2) is 6.33 Å². The fraction of sp³-hybridized carbons (Fsp3) is 0.444. The fourth-order valence-electron chi connectivity index (χ4n) is 1.51. The normalized spacial score (nSPS) is 10.7. The van der Waals surface area contributed by atoms with E-state index in [1.54, 1.807) is 15.7 Å². The van der Waals surface area contributed by atoms with E-state index in [1.807, 2.05) is 21.0 Å². The third-order valence-electron chi connectivity index (χ3n) is 2.33. The summed E-state index contributed by atoms with van der Waals surface area (Å²) in [4.78, 5) is 4.12. The summed E-state index contributed by atoms with van der Waals surface area (Å²) in [6.45, 7) is 2.41. The highest BCUT2D eigenvalue weighted by Crippen LogP contribution is 2.20. The molecular formula is C9H15N7. The molecule has 0 aliphatic rings. The molecule has 86 valence electrons. The van der Waals surface area contributed by atoms with Crippen LogP contribution >= 0.6 is 0 Å². The van der Waals surface area contributed by atoms with Crippen molar-refractivity contribution in [3.8, 4) is 0 Å². The number of nitrogens with zero attached hydrogens (tertiary/aromatic N) is 5. The van der Waals surface area contributed by atoms with E-state index < -0.39 is 0 Å². The van der Waals surface area contributed by atoms with Crippen LogP contribution in [0.25, 0.3) is 0 Å². The molecular weight excluding hydrogens is 206 g/mol. The van der Waals surface area contributed by atoms with E-state index in [-0.39, 0.29) is 0 Å². The summed E-state index contributed by atoms with van der Waals surface area (Å²) in [5, 5.41) is 11.5. The van der Waals surface area contributed by atoms with Crippen LogP contribution < -0.4 is 11.1 Å². The highest BCUT2D eigenvalue weighted by atomic mass is 15.3. The number of hydrogen-bond donors (Lipinski definition) is 2. The van der Waals surface area contributed by atoms with E-state index in [0.717, 1.165) is 17.3 Å². The maximum atomic E-state index is 5.88. The maximum absolute atomic E-state index is 5.88. The molecule has 0 atom stereocenters. The first-order valence-electron chi connectivity index (χ1n) is 4.95. The zero-order valence-electron chi connectivity index (χ0n) is 9.60. The SMILES string of the molecule is Cc1nn(C)c(NCc2ncn(C)n2)c1N. The minimum absolute atomic E-state index is 0.532. The van der Waals surface area contributed by atoms with Crippen molar-refractivity contribution in [1.29, 1.82) is 0 Å². The smallest absolute Gasteiger partial charge is 0.169 e. The van der Waals surface area contributed by atoms with E-state index in [0.29, 0.717) is 12.2 Å². The van der Waals surface area contributed by atoms with Crippen LogP contribution in [0.5, 0.6) is 0 Å². The second-order valence-corrected chi connectivity index (χ2v) is 3.66. The Balaban J connectivity index is 2.10. The summed E-state index contributed by atoms with van der Waals surface area (Å²) in [5.74, 6) is 1.52. The third kappa shape index (κ3) is 1.83. The molecule has 0 spiro atoms. The standard InChI is InChI=1S/C9H15N7/c1-6-8(10)9(16(3)13-6)11-4-7-12-5-15(2)14-7/h5,11H,4,10H2,1-3H3. The van der Waals surface area contributed by atoms with Gasteiger partial charge in [0.05, 0.1) is 17.9 Å². The molecule has 0 aliphatic carbocycles. The summed E-state index contributed by atoms with van der Waals surface area (Å²) in [6.07, 6.45) is 1.66. The van der Waals surface area contributed by atoms with Gasteiger partial charge in [0.2, 0.25) is 0 Å². The molecule has 0 saturated heterocycles. The molecule has 2 heterocycles. The van der Waals surface area contributed by atoms with Crippen LogP contribution in [-0.2, 0) is 20.6 Å². The first kappa shape index (κ1) is 10.5. The third-order valence-corrected chi connectivity index (χ3v) is 2.33. The van der Waals surface area contributed by atoms with Gasteiger partial charge in [0, 0.05) is 14.1 Å². The average Bonchev–Trinajstić information content (AvgIpc) is 2.72. The van der Waals surface area contributed by atoms with Crippen molar-refractivity contribution in [2.45, 2.75) is 13.5 Å². The molecule has 0 aromatic carbocycles. The average molecular weight is 221 g/mol. The number of nitrogens with two attached hydrogens (primary N) is 1. The molecule has 7 heteroatoms. The van der Waals surface area contributed by atoms with Gasteiger partial charge < -0.3 is 11.1 Å². The number of aromatic nitrogens is 5. The van der Waals surface area contributed by atoms with E-state index in [1.165, 1.54) is 0 Å². The summed E-state index contributed by atoms with van der Waals surface area (Å²) in [6, 6.07) is 0. The van der Waals surface area contributed by atoms with Gasteiger partial charge in [-0.2, -0.15) is 10.2 Å². The van der Waals surface area contributed by atoms with Gasteiger partial charge in [0.1, 0.15) is 12.1 Å². The zero-order valence-corrected chi connectivity index (χ0v) is 9.60. The minimum atomic E-state index is 0.532. The highest BCUT2D eigenvalue weighted by Gasteiger charge is 2.09.